The van der Waals surface area contributed by atoms with Gasteiger partial charge in [0.2, 0.25) is 0 Å². The number of rotatable bonds is 8. The van der Waals surface area contributed by atoms with Crippen molar-refractivity contribution in [3.8, 4) is 16.6 Å². The molecular weight excluding hydrogens is 434 g/mol. The predicted molar refractivity (Wildman–Crippen MR) is 121 cm³/mol. The Bertz CT molecular complexity index is 1140. The van der Waals surface area contributed by atoms with Crippen molar-refractivity contribution in [1.82, 2.24) is 4.98 Å². The van der Waals surface area contributed by atoms with Crippen LogP contribution in [0.25, 0.3) is 6.08 Å². The first-order valence-corrected chi connectivity index (χ1v) is 11.1. The third kappa shape index (κ3) is 5.40. The predicted octanol–water partition coefficient (Wildman–Crippen LogP) is 6.16. The van der Waals surface area contributed by atoms with Crippen LogP contribution in [0.15, 0.2) is 54.9 Å². The Labute approximate surface area is 189 Å². The van der Waals surface area contributed by atoms with Gasteiger partial charge < -0.3 is 9.47 Å². The summed E-state index contributed by atoms with van der Waals surface area (Å²) in [4.78, 5) is 28.3. The van der Waals surface area contributed by atoms with Crippen LogP contribution in [-0.2, 0) is 11.2 Å². The van der Waals surface area contributed by atoms with Crippen molar-refractivity contribution >= 4 is 40.6 Å². The van der Waals surface area contributed by atoms with Gasteiger partial charge in [-0.15, -0.1) is 0 Å². The maximum Gasteiger partial charge on any atom is 0.181 e. The van der Waals surface area contributed by atoms with Gasteiger partial charge in [-0.05, 0) is 55.3 Å². The lowest BCUT2D eigenvalue weighted by Gasteiger charge is -2.10. The highest BCUT2D eigenvalue weighted by Crippen LogP contribution is 2.41. The average molecular weight is 454 g/mol. The number of hydrogen-bond acceptors (Lipinski definition) is 6. The van der Waals surface area contributed by atoms with Gasteiger partial charge in [-0.3, -0.25) is 14.6 Å². The summed E-state index contributed by atoms with van der Waals surface area (Å²) in [6, 6.07) is 10.8. The molecule has 1 aromatic carbocycles. The molecule has 0 aliphatic carbocycles. The summed E-state index contributed by atoms with van der Waals surface area (Å²) in [7, 11) is 0. The molecule has 3 heterocycles. The fourth-order valence-corrected chi connectivity index (χ4v) is 4.35. The van der Waals surface area contributed by atoms with Gasteiger partial charge in [0.1, 0.15) is 17.6 Å². The summed E-state index contributed by atoms with van der Waals surface area (Å²) < 4.78 is 11.9. The number of benzene rings is 1. The first-order valence-electron chi connectivity index (χ1n) is 9.86. The minimum absolute atomic E-state index is 0.00732. The number of carbonyl (C=O) groups excluding carboxylic acids is 2. The summed E-state index contributed by atoms with van der Waals surface area (Å²) in [5.74, 6) is 1.29. The second kappa shape index (κ2) is 9.45. The number of Topliss-reactive ketones (excluding diaryl/α,β-unsaturated/α-hetero) is 1. The van der Waals surface area contributed by atoms with Crippen LogP contribution in [0.3, 0.4) is 0 Å². The molecule has 0 saturated heterocycles. The van der Waals surface area contributed by atoms with Crippen molar-refractivity contribution in [2.75, 3.05) is 0 Å². The van der Waals surface area contributed by atoms with Crippen molar-refractivity contribution in [2.45, 2.75) is 32.3 Å². The minimum atomic E-state index is -0.107. The largest absolute Gasteiger partial charge is 0.488 e. The maximum atomic E-state index is 12.2. The van der Waals surface area contributed by atoms with E-state index in [-0.39, 0.29) is 17.7 Å². The maximum absolute atomic E-state index is 12.2. The Hall–Kier alpha value is -2.96. The summed E-state index contributed by atoms with van der Waals surface area (Å²) >= 11 is 7.70. The summed E-state index contributed by atoms with van der Waals surface area (Å²) in [6.07, 6.45) is 8.29. The van der Waals surface area contributed by atoms with Crippen LogP contribution < -0.4 is 9.47 Å². The molecule has 0 bridgehead atoms. The Morgan fingerprint density at radius 1 is 1.32 bits per heavy atom. The molecule has 1 aliphatic rings. The molecule has 0 spiro atoms. The number of allylic oxidation sites excluding steroid dienone is 1. The van der Waals surface area contributed by atoms with Gasteiger partial charge in [-0.25, -0.2) is 0 Å². The molecule has 3 aromatic rings. The minimum Gasteiger partial charge on any atom is -0.488 e. The second-order valence-corrected chi connectivity index (χ2v) is 8.69. The van der Waals surface area contributed by atoms with E-state index in [9.17, 15) is 9.59 Å². The lowest BCUT2D eigenvalue weighted by molar-refractivity contribution is -0.115. The first-order chi connectivity index (χ1) is 15.0. The monoisotopic (exact) mass is 453 g/mol. The number of fused-ring (bicyclic) bond motifs is 1. The fourth-order valence-electron chi connectivity index (χ4n) is 3.31. The van der Waals surface area contributed by atoms with Crippen molar-refractivity contribution in [3.63, 3.8) is 0 Å². The van der Waals surface area contributed by atoms with Crippen molar-refractivity contribution in [2.24, 2.45) is 0 Å². The van der Waals surface area contributed by atoms with Crippen molar-refractivity contribution in [1.29, 1.82) is 0 Å². The highest BCUT2D eigenvalue weighted by Gasteiger charge is 2.26. The molecule has 0 N–H and O–H groups in total. The lowest BCUT2D eigenvalue weighted by Crippen LogP contribution is -2.14. The third-order valence-electron chi connectivity index (χ3n) is 4.83. The van der Waals surface area contributed by atoms with E-state index in [4.69, 9.17) is 21.1 Å². The van der Waals surface area contributed by atoms with E-state index in [1.54, 1.807) is 42.7 Å². The van der Waals surface area contributed by atoms with Gasteiger partial charge in [0.25, 0.3) is 0 Å². The number of aromatic nitrogens is 1. The summed E-state index contributed by atoms with van der Waals surface area (Å²) in [5, 5.41) is 1.10. The number of halogens is 1. The second-order valence-electron chi connectivity index (χ2n) is 7.24. The number of thiophene rings is 1. The average Bonchev–Trinajstić information content (AvgIpc) is 3.39. The third-order valence-corrected chi connectivity index (χ3v) is 6.18. The van der Waals surface area contributed by atoms with Gasteiger partial charge in [0.15, 0.2) is 16.6 Å². The van der Waals surface area contributed by atoms with Crippen LogP contribution in [0.1, 0.15) is 40.6 Å². The SMILES string of the molecule is CC(=O)c1ccc(Oc2cc(Cl)c3c(c2)CC(CCC(=O)/C=C/c2cccnc2)O3)s1. The van der Waals surface area contributed by atoms with Crippen LogP contribution in [0.2, 0.25) is 5.02 Å². The van der Waals surface area contributed by atoms with Crippen LogP contribution in [0.5, 0.6) is 16.6 Å². The Balaban J connectivity index is 1.35. The molecule has 31 heavy (non-hydrogen) atoms. The first kappa shape index (κ1) is 21.3. The van der Waals surface area contributed by atoms with E-state index in [1.165, 1.54) is 18.3 Å². The number of ketones is 2. The number of ether oxygens (including phenoxy) is 2. The van der Waals surface area contributed by atoms with Gasteiger partial charge in [0.05, 0.1) is 9.90 Å². The highest BCUT2D eigenvalue weighted by atomic mass is 35.5. The molecule has 0 saturated carbocycles. The van der Waals surface area contributed by atoms with Gasteiger partial charge in [0, 0.05) is 36.9 Å². The number of carbonyl (C=O) groups is 2. The van der Waals surface area contributed by atoms with Crippen LogP contribution in [-0.4, -0.2) is 22.7 Å². The molecule has 1 atom stereocenters. The lowest BCUT2D eigenvalue weighted by atomic mass is 10.0. The summed E-state index contributed by atoms with van der Waals surface area (Å²) in [5.41, 5.74) is 1.84. The van der Waals surface area contributed by atoms with Gasteiger partial charge in [-0.1, -0.05) is 29.0 Å². The number of hydrogen-bond donors (Lipinski definition) is 0. The molecule has 5 nitrogen and oxygen atoms in total. The molecule has 0 amide bonds. The van der Waals surface area contributed by atoms with E-state index in [0.29, 0.717) is 45.7 Å². The molecule has 7 heteroatoms. The Kier molecular flexibility index (Phi) is 6.49. The zero-order valence-electron chi connectivity index (χ0n) is 16.8. The van der Waals surface area contributed by atoms with Gasteiger partial charge in [-0.2, -0.15) is 0 Å². The zero-order chi connectivity index (χ0) is 21.8. The number of pyridine rings is 1. The quantitative estimate of drug-likeness (QED) is 0.302. The van der Waals surface area contributed by atoms with E-state index in [0.717, 1.165) is 11.1 Å². The normalized spacial score (nSPS) is 15.0. The zero-order valence-corrected chi connectivity index (χ0v) is 18.4. The standard InChI is InChI=1S/C24H20ClNO4S/c1-15(27)22-8-9-23(31-22)29-20-12-17-11-19(30-24(17)21(25)13-20)7-6-18(28)5-4-16-3-2-10-26-14-16/h2-5,8-10,12-14,19H,6-7,11H2,1H3/b5-4+. The van der Waals surface area contributed by atoms with E-state index in [2.05, 4.69) is 4.98 Å². The summed E-state index contributed by atoms with van der Waals surface area (Å²) in [6.45, 7) is 1.53. The molecule has 2 aromatic heterocycles. The van der Waals surface area contributed by atoms with Crippen LogP contribution in [0.4, 0.5) is 0 Å². The molecule has 4 rings (SSSR count). The van der Waals surface area contributed by atoms with Crippen LogP contribution >= 0.6 is 22.9 Å². The molecule has 1 unspecified atom stereocenters. The van der Waals surface area contributed by atoms with E-state index in [1.807, 2.05) is 18.2 Å². The topological polar surface area (TPSA) is 65.5 Å². The molecular formula is C24H20ClNO4S. The molecule has 0 radical (unpaired) electrons. The Morgan fingerprint density at radius 2 is 2.19 bits per heavy atom. The smallest absolute Gasteiger partial charge is 0.181 e. The molecule has 0 fully saturated rings. The highest BCUT2D eigenvalue weighted by molar-refractivity contribution is 7.15. The van der Waals surface area contributed by atoms with Crippen molar-refractivity contribution in [3.05, 3.63) is 75.9 Å². The van der Waals surface area contributed by atoms with Gasteiger partial charge >= 0.3 is 0 Å². The van der Waals surface area contributed by atoms with E-state index < -0.39 is 0 Å². The number of nitrogens with zero attached hydrogens (tertiary/aromatic N) is 1. The molecule has 158 valence electrons. The Morgan fingerprint density at radius 3 is 2.94 bits per heavy atom. The fraction of sp³-hybridized carbons (Fsp3) is 0.208. The molecule has 1 aliphatic heterocycles. The van der Waals surface area contributed by atoms with Crippen molar-refractivity contribution < 1.29 is 19.1 Å². The van der Waals surface area contributed by atoms with E-state index >= 15 is 0 Å². The van der Waals surface area contributed by atoms with Crippen LogP contribution in [0, 0.1) is 0 Å².